The van der Waals surface area contributed by atoms with Crippen molar-refractivity contribution in [2.75, 3.05) is 7.05 Å². The van der Waals surface area contributed by atoms with E-state index in [1.165, 1.54) is 13.1 Å². The number of urea groups is 1. The first kappa shape index (κ1) is 16.3. The van der Waals surface area contributed by atoms with E-state index in [2.05, 4.69) is 32.1 Å². The number of hydrogen-bond acceptors (Lipinski definition) is 3. The van der Waals surface area contributed by atoms with Gasteiger partial charge in [0.05, 0.1) is 0 Å². The highest BCUT2D eigenvalue weighted by molar-refractivity contribution is 9.10. The van der Waals surface area contributed by atoms with Crippen LogP contribution in [0.5, 0.6) is 0 Å². The van der Waals surface area contributed by atoms with E-state index >= 15 is 0 Å². The molecule has 7 heteroatoms. The zero-order chi connectivity index (χ0) is 15.9. The Hall–Kier alpha value is -2.12. The van der Waals surface area contributed by atoms with E-state index in [0.717, 1.165) is 19.8 Å². The van der Waals surface area contributed by atoms with Crippen LogP contribution in [-0.4, -0.2) is 19.0 Å². The summed E-state index contributed by atoms with van der Waals surface area (Å²) in [6.07, 6.45) is 3.07. The van der Waals surface area contributed by atoms with E-state index < -0.39 is 11.9 Å². The summed E-state index contributed by atoms with van der Waals surface area (Å²) in [6.45, 7) is 0. The maximum Gasteiger partial charge on any atom is 0.333 e. The lowest BCUT2D eigenvalue weighted by Gasteiger charge is -2.02. The van der Waals surface area contributed by atoms with Gasteiger partial charge in [0.1, 0.15) is 0 Å². The molecular weight excluding hydrogens is 366 g/mol. The van der Waals surface area contributed by atoms with Gasteiger partial charge in [-0.3, -0.25) is 10.2 Å². The van der Waals surface area contributed by atoms with Crippen molar-refractivity contribution in [2.24, 2.45) is 0 Å². The third-order valence-electron chi connectivity index (χ3n) is 2.68. The summed E-state index contributed by atoms with van der Waals surface area (Å²) in [7, 11) is 1.46. The fourth-order valence-electron chi connectivity index (χ4n) is 1.59. The summed E-state index contributed by atoms with van der Waals surface area (Å²) < 4.78 is 1.04. The predicted molar refractivity (Wildman–Crippen MR) is 92.2 cm³/mol. The van der Waals surface area contributed by atoms with Gasteiger partial charge in [-0.05, 0) is 35.9 Å². The van der Waals surface area contributed by atoms with Gasteiger partial charge in [0, 0.05) is 27.4 Å². The zero-order valence-corrected chi connectivity index (χ0v) is 14.1. The fourth-order valence-corrected chi connectivity index (χ4v) is 2.77. The zero-order valence-electron chi connectivity index (χ0n) is 11.7. The van der Waals surface area contributed by atoms with Crippen LogP contribution in [0, 0.1) is 0 Å². The molecule has 114 valence electrons. The van der Waals surface area contributed by atoms with Gasteiger partial charge >= 0.3 is 6.03 Å². The average molecular weight is 380 g/mol. The molecule has 5 nitrogen and oxygen atoms in total. The van der Waals surface area contributed by atoms with Crippen LogP contribution in [0.15, 0.2) is 46.9 Å². The number of carbonyl (C=O) groups is 2. The molecule has 22 heavy (non-hydrogen) atoms. The lowest BCUT2D eigenvalue weighted by atomic mass is 10.2. The topological polar surface area (TPSA) is 70.2 Å². The van der Waals surface area contributed by atoms with E-state index in [9.17, 15) is 9.59 Å². The number of nitrogens with one attached hydrogen (secondary N) is 3. The second kappa shape index (κ2) is 7.77. The van der Waals surface area contributed by atoms with Crippen molar-refractivity contribution in [3.05, 3.63) is 51.8 Å². The van der Waals surface area contributed by atoms with Crippen LogP contribution >= 0.6 is 27.3 Å². The molecule has 0 aliphatic carbocycles. The van der Waals surface area contributed by atoms with Gasteiger partial charge in [-0.1, -0.05) is 28.1 Å². The van der Waals surface area contributed by atoms with Gasteiger partial charge in [-0.15, -0.1) is 11.3 Å². The Balaban J connectivity index is 1.97. The van der Waals surface area contributed by atoms with Crippen molar-refractivity contribution in [3.8, 4) is 10.4 Å². The van der Waals surface area contributed by atoms with Gasteiger partial charge in [0.15, 0.2) is 0 Å². The third kappa shape index (κ3) is 4.71. The predicted octanol–water partition coefficient (Wildman–Crippen LogP) is 3.15. The lowest BCUT2D eigenvalue weighted by molar-refractivity contribution is -0.117. The van der Waals surface area contributed by atoms with Gasteiger partial charge in [0.25, 0.3) is 5.91 Å². The Morgan fingerprint density at radius 2 is 1.82 bits per heavy atom. The number of hydrogen-bond donors (Lipinski definition) is 3. The molecule has 2 aromatic rings. The second-order valence-corrected chi connectivity index (χ2v) is 6.27. The van der Waals surface area contributed by atoms with E-state index in [0.29, 0.717) is 0 Å². The number of rotatable bonds is 3. The molecule has 2 rings (SSSR count). The molecular formula is C15H14BrN3O2S. The van der Waals surface area contributed by atoms with Gasteiger partial charge < -0.3 is 5.32 Å². The van der Waals surface area contributed by atoms with Crippen molar-refractivity contribution in [1.29, 1.82) is 0 Å². The summed E-state index contributed by atoms with van der Waals surface area (Å²) in [5, 5.41) is 2.33. The number of benzene rings is 1. The normalized spacial score (nSPS) is 10.5. The molecule has 3 N–H and O–H groups in total. The summed E-state index contributed by atoms with van der Waals surface area (Å²) in [6, 6.07) is 11.5. The van der Waals surface area contributed by atoms with Crippen LogP contribution in [0.3, 0.4) is 0 Å². The van der Waals surface area contributed by atoms with Crippen molar-refractivity contribution in [2.45, 2.75) is 0 Å². The minimum Gasteiger partial charge on any atom is -0.340 e. The maximum absolute atomic E-state index is 11.5. The molecule has 0 unspecified atom stereocenters. The summed E-state index contributed by atoms with van der Waals surface area (Å²) in [5.41, 5.74) is 5.59. The molecule has 3 amide bonds. The first-order chi connectivity index (χ1) is 10.6. The SMILES string of the molecule is CNC(=O)NNC(=O)C=Cc1ccc(-c2ccc(Br)cc2)s1. The average Bonchev–Trinajstić information content (AvgIpc) is 3.00. The minimum absolute atomic E-state index is 0.401. The molecule has 0 aliphatic rings. The van der Waals surface area contributed by atoms with Crippen molar-refractivity contribution >= 4 is 45.3 Å². The second-order valence-electron chi connectivity index (χ2n) is 4.24. The smallest absolute Gasteiger partial charge is 0.333 e. The Labute approximate surface area is 140 Å². The van der Waals surface area contributed by atoms with Crippen LogP contribution in [0.25, 0.3) is 16.5 Å². The van der Waals surface area contributed by atoms with E-state index in [-0.39, 0.29) is 0 Å². The summed E-state index contributed by atoms with van der Waals surface area (Å²) in [5.74, 6) is -0.401. The molecule has 1 heterocycles. The first-order valence-electron chi connectivity index (χ1n) is 6.40. The molecule has 0 aliphatic heterocycles. The largest absolute Gasteiger partial charge is 0.340 e. The molecule has 0 radical (unpaired) electrons. The van der Waals surface area contributed by atoms with Gasteiger partial charge in [-0.25, -0.2) is 10.2 Å². The molecule has 0 saturated carbocycles. The Morgan fingerprint density at radius 3 is 2.50 bits per heavy atom. The van der Waals surface area contributed by atoms with Crippen LogP contribution in [0.1, 0.15) is 4.88 Å². The van der Waals surface area contributed by atoms with Crippen molar-refractivity contribution in [3.63, 3.8) is 0 Å². The number of thiophene rings is 1. The summed E-state index contributed by atoms with van der Waals surface area (Å²) >= 11 is 4.99. The number of hydrazine groups is 1. The molecule has 0 saturated heterocycles. The highest BCUT2D eigenvalue weighted by Gasteiger charge is 2.02. The molecule has 0 fully saturated rings. The third-order valence-corrected chi connectivity index (χ3v) is 4.31. The van der Waals surface area contributed by atoms with Gasteiger partial charge in [-0.2, -0.15) is 0 Å². The molecule has 0 bridgehead atoms. The Morgan fingerprint density at radius 1 is 1.09 bits per heavy atom. The number of carbonyl (C=O) groups excluding carboxylic acids is 2. The van der Waals surface area contributed by atoms with Crippen LogP contribution in [0.4, 0.5) is 4.79 Å². The van der Waals surface area contributed by atoms with E-state index in [1.807, 2.05) is 36.4 Å². The highest BCUT2D eigenvalue weighted by Crippen LogP contribution is 2.29. The van der Waals surface area contributed by atoms with Crippen molar-refractivity contribution in [1.82, 2.24) is 16.2 Å². The highest BCUT2D eigenvalue weighted by atomic mass is 79.9. The van der Waals surface area contributed by atoms with Gasteiger partial charge in [0.2, 0.25) is 0 Å². The Kier molecular flexibility index (Phi) is 5.74. The fraction of sp³-hybridized carbons (Fsp3) is 0.0667. The van der Waals surface area contributed by atoms with Crippen LogP contribution in [0.2, 0.25) is 0 Å². The Bertz CT molecular complexity index is 695. The molecule has 1 aromatic heterocycles. The lowest BCUT2D eigenvalue weighted by Crippen LogP contribution is -2.45. The van der Waals surface area contributed by atoms with E-state index in [1.54, 1.807) is 17.4 Å². The first-order valence-corrected chi connectivity index (χ1v) is 8.01. The standard InChI is InChI=1S/C15H14BrN3O2S/c1-17-15(21)19-18-14(20)9-7-12-6-8-13(22-12)10-2-4-11(16)5-3-10/h2-9H,1H3,(H,18,20)(H2,17,19,21). The maximum atomic E-state index is 11.5. The minimum atomic E-state index is -0.476. The molecule has 0 atom stereocenters. The van der Waals surface area contributed by atoms with Crippen LogP contribution < -0.4 is 16.2 Å². The quantitative estimate of drug-likeness (QED) is 0.566. The molecule has 0 spiro atoms. The number of halogens is 1. The molecule has 1 aromatic carbocycles. The van der Waals surface area contributed by atoms with E-state index in [4.69, 9.17) is 0 Å². The van der Waals surface area contributed by atoms with Crippen LogP contribution in [-0.2, 0) is 4.79 Å². The number of amides is 3. The van der Waals surface area contributed by atoms with Crippen molar-refractivity contribution < 1.29 is 9.59 Å². The summed E-state index contributed by atoms with van der Waals surface area (Å²) in [4.78, 5) is 24.5. The monoisotopic (exact) mass is 379 g/mol.